The Bertz CT molecular complexity index is 1700. The van der Waals surface area contributed by atoms with Crippen LogP contribution in [-0.2, 0) is 44.7 Å². The normalized spacial score (nSPS) is 22.4. The number of amides is 1. The van der Waals surface area contributed by atoms with Crippen LogP contribution in [0, 0.1) is 5.82 Å². The van der Waals surface area contributed by atoms with Gasteiger partial charge in [0.2, 0.25) is 21.4 Å². The molecule has 5 nitrogen and oxygen atoms in total. The van der Waals surface area contributed by atoms with E-state index in [1.165, 1.54) is 29.2 Å². The highest BCUT2D eigenvalue weighted by Gasteiger charge is 2.56. The molecule has 1 aliphatic heterocycles. The van der Waals surface area contributed by atoms with Crippen LogP contribution in [0.4, 0.5) is 35.1 Å². The van der Waals surface area contributed by atoms with Crippen LogP contribution in [0.5, 0.6) is 0 Å². The summed E-state index contributed by atoms with van der Waals surface area (Å²) >= 11 is 0. The van der Waals surface area contributed by atoms with Crippen LogP contribution in [-0.4, -0.2) is 48.2 Å². The molecule has 4 atom stereocenters. The molecule has 0 N–H and O–H groups in total. The fraction of sp³-hybridized carbons (Fsp3) is 0.419. The van der Waals surface area contributed by atoms with Crippen molar-refractivity contribution in [2.24, 2.45) is 0 Å². The monoisotopic (exact) mass is 660 g/mol. The lowest BCUT2D eigenvalue weighted by Gasteiger charge is -2.44. The van der Waals surface area contributed by atoms with Crippen molar-refractivity contribution in [3.05, 3.63) is 94.4 Å². The first-order chi connectivity index (χ1) is 20.8. The molecule has 0 bridgehead atoms. The molecule has 1 amide bonds. The fourth-order valence-electron chi connectivity index (χ4n) is 6.52. The largest absolute Gasteiger partial charge is 0.426 e. The van der Waals surface area contributed by atoms with E-state index in [0.29, 0.717) is 41.9 Å². The number of halogens is 8. The second-order valence-electron chi connectivity index (χ2n) is 11.7. The number of hydrogen-bond donors (Lipinski definition) is 0. The van der Waals surface area contributed by atoms with E-state index in [-0.39, 0.29) is 32.2 Å². The van der Waals surface area contributed by atoms with Crippen molar-refractivity contribution < 1.29 is 48.3 Å². The van der Waals surface area contributed by atoms with Crippen LogP contribution < -0.4 is 0 Å². The highest BCUT2D eigenvalue weighted by Crippen LogP contribution is 2.51. The van der Waals surface area contributed by atoms with E-state index in [2.05, 4.69) is 4.98 Å². The Balaban J connectivity index is 1.52. The van der Waals surface area contributed by atoms with Gasteiger partial charge in [-0.05, 0) is 86.1 Å². The topological polar surface area (TPSA) is 67.3 Å². The summed E-state index contributed by atoms with van der Waals surface area (Å²) in [6.07, 6.45) is -8.66. The summed E-state index contributed by atoms with van der Waals surface area (Å²) in [4.78, 5) is 18.7. The Labute approximate surface area is 254 Å². The molecule has 45 heavy (non-hydrogen) atoms. The minimum absolute atomic E-state index is 0.0650. The number of hydrogen-bond acceptors (Lipinski definition) is 4. The number of alkyl halides is 7. The highest BCUT2D eigenvalue weighted by atomic mass is 32.2. The first-order valence-electron chi connectivity index (χ1n) is 14.0. The lowest BCUT2D eigenvalue weighted by Crippen LogP contribution is -2.52. The van der Waals surface area contributed by atoms with Gasteiger partial charge in [0.05, 0.1) is 5.56 Å². The summed E-state index contributed by atoms with van der Waals surface area (Å²) in [5.41, 5.74) is -4.57. The maximum atomic E-state index is 14.9. The average Bonchev–Trinajstić information content (AvgIpc) is 3.35. The maximum Gasteiger partial charge on any atom is 0.426 e. The molecule has 2 aromatic carbocycles. The van der Waals surface area contributed by atoms with Gasteiger partial charge in [0, 0.05) is 24.2 Å². The van der Waals surface area contributed by atoms with Crippen molar-refractivity contribution in [2.75, 3.05) is 6.54 Å². The van der Waals surface area contributed by atoms with Crippen LogP contribution in [0.3, 0.4) is 0 Å². The Morgan fingerprint density at radius 1 is 1.00 bits per heavy atom. The number of carbonyl (C=O) groups is 1. The maximum absolute atomic E-state index is 14.9. The van der Waals surface area contributed by atoms with Crippen molar-refractivity contribution >= 4 is 15.7 Å². The van der Waals surface area contributed by atoms with Crippen molar-refractivity contribution in [1.82, 2.24) is 9.88 Å². The van der Waals surface area contributed by atoms with E-state index in [9.17, 15) is 48.3 Å². The van der Waals surface area contributed by atoms with Crippen molar-refractivity contribution in [3.63, 3.8) is 0 Å². The molecule has 1 fully saturated rings. The van der Waals surface area contributed by atoms with E-state index in [1.54, 1.807) is 12.1 Å². The SMILES string of the molecule is CC(C(=O)N1CC[C@@]2(Cc3ccc(F)cc3)c3ccc(C(C)(F)C(F)(F)F)cc3CC[C@@H]12)S(=O)(=O)c1ccc(C(F)(F)F)cn1. The zero-order valence-electron chi connectivity index (χ0n) is 24.0. The summed E-state index contributed by atoms with van der Waals surface area (Å²) in [6, 6.07) is 9.86. The Morgan fingerprint density at radius 3 is 2.22 bits per heavy atom. The first kappa shape index (κ1) is 32.8. The van der Waals surface area contributed by atoms with E-state index in [1.807, 2.05) is 0 Å². The Kier molecular flexibility index (Phi) is 8.07. The lowest BCUT2D eigenvalue weighted by molar-refractivity contribution is -0.228. The van der Waals surface area contributed by atoms with E-state index < -0.39 is 72.4 Å². The lowest BCUT2D eigenvalue weighted by atomic mass is 9.63. The molecule has 14 heteroatoms. The number of nitrogens with zero attached hydrogens (tertiary/aromatic N) is 2. The van der Waals surface area contributed by atoms with E-state index in [0.717, 1.165) is 13.0 Å². The Hall–Kier alpha value is -3.55. The number of aromatic nitrogens is 1. The number of carbonyl (C=O) groups excluding carboxylic acids is 1. The van der Waals surface area contributed by atoms with Gasteiger partial charge in [0.1, 0.15) is 11.1 Å². The summed E-state index contributed by atoms with van der Waals surface area (Å²) in [5, 5.41) is -2.42. The third-order valence-electron chi connectivity index (χ3n) is 9.10. The molecule has 242 valence electrons. The fourth-order valence-corrected chi connectivity index (χ4v) is 7.74. The van der Waals surface area contributed by atoms with Gasteiger partial charge in [0.25, 0.3) is 0 Å². The number of rotatable bonds is 6. The molecule has 1 aliphatic carbocycles. The molecule has 0 spiro atoms. The number of sulfone groups is 1. The molecule has 2 unspecified atom stereocenters. The summed E-state index contributed by atoms with van der Waals surface area (Å²) in [6.45, 7) is 1.63. The summed E-state index contributed by atoms with van der Waals surface area (Å²) in [5.74, 6) is -1.30. The molecule has 5 rings (SSSR count). The molecule has 3 aromatic rings. The first-order valence-corrected chi connectivity index (χ1v) is 15.6. The highest BCUT2D eigenvalue weighted by molar-refractivity contribution is 7.92. The van der Waals surface area contributed by atoms with Crippen molar-refractivity contribution in [2.45, 2.75) is 79.3 Å². The molecule has 2 heterocycles. The number of likely N-dealkylation sites (tertiary alicyclic amines) is 1. The van der Waals surface area contributed by atoms with Crippen molar-refractivity contribution in [1.29, 1.82) is 0 Å². The summed E-state index contributed by atoms with van der Waals surface area (Å²) < 4.78 is 135. The van der Waals surface area contributed by atoms with E-state index in [4.69, 9.17) is 0 Å². The predicted molar refractivity (Wildman–Crippen MR) is 147 cm³/mol. The molecular weight excluding hydrogens is 632 g/mol. The molecule has 0 radical (unpaired) electrons. The van der Waals surface area contributed by atoms with Crippen LogP contribution in [0.1, 0.15) is 54.5 Å². The standard InChI is InChI=1S/C31H28F8N2O3S/c1-18(45(43,44)26-12-7-22(17-40-26)30(34,35)36)27(42)41-14-13-29(16-19-3-8-23(32)9-4-19)24-10-6-21(28(2,33)31(37,38)39)15-20(24)5-11-25(29)41/h3-4,6-10,12,15,17-18,25H,5,11,13-14,16H2,1-2H3/t18?,25-,28?,29-/m1/s1. The minimum Gasteiger partial charge on any atom is -0.338 e. The smallest absolute Gasteiger partial charge is 0.338 e. The van der Waals surface area contributed by atoms with Gasteiger partial charge in [-0.3, -0.25) is 4.79 Å². The van der Waals surface area contributed by atoms with Crippen LogP contribution in [0.25, 0.3) is 0 Å². The molecule has 1 saturated heterocycles. The zero-order valence-corrected chi connectivity index (χ0v) is 24.8. The number of pyridine rings is 1. The molecule has 1 aromatic heterocycles. The van der Waals surface area contributed by atoms with Gasteiger partial charge in [-0.2, -0.15) is 26.3 Å². The van der Waals surface area contributed by atoms with Crippen LogP contribution in [0.15, 0.2) is 65.8 Å². The van der Waals surface area contributed by atoms with Gasteiger partial charge in [-0.1, -0.05) is 30.3 Å². The van der Waals surface area contributed by atoms with Crippen LogP contribution >= 0.6 is 0 Å². The summed E-state index contributed by atoms with van der Waals surface area (Å²) in [7, 11) is -4.52. The number of fused-ring (bicyclic) bond motifs is 3. The third-order valence-corrected chi connectivity index (χ3v) is 11.1. The molecule has 2 aliphatic rings. The quantitative estimate of drug-likeness (QED) is 0.271. The number of benzene rings is 2. The molecule has 0 saturated carbocycles. The van der Waals surface area contributed by atoms with Gasteiger partial charge in [-0.25, -0.2) is 22.2 Å². The third kappa shape index (κ3) is 5.70. The van der Waals surface area contributed by atoms with Crippen LogP contribution in [0.2, 0.25) is 0 Å². The van der Waals surface area contributed by atoms with Crippen molar-refractivity contribution in [3.8, 4) is 0 Å². The van der Waals surface area contributed by atoms with E-state index >= 15 is 0 Å². The average molecular weight is 661 g/mol. The number of aryl methyl sites for hydroxylation is 1. The second-order valence-corrected chi connectivity index (χ2v) is 14.0. The van der Waals surface area contributed by atoms with Gasteiger partial charge < -0.3 is 4.90 Å². The van der Waals surface area contributed by atoms with Gasteiger partial charge in [0.15, 0.2) is 5.03 Å². The Morgan fingerprint density at radius 2 is 1.64 bits per heavy atom. The van der Waals surface area contributed by atoms with Gasteiger partial charge in [-0.15, -0.1) is 0 Å². The van der Waals surface area contributed by atoms with Gasteiger partial charge >= 0.3 is 12.4 Å². The predicted octanol–water partition coefficient (Wildman–Crippen LogP) is 6.88. The minimum atomic E-state index is -5.16. The second kappa shape index (κ2) is 11.1. The molecular formula is C31H28F8N2O3S. The zero-order chi connectivity index (χ0) is 33.2.